The summed E-state index contributed by atoms with van der Waals surface area (Å²) in [6.07, 6.45) is 8.23. The number of ether oxygens (including phenoxy) is 1. The molecule has 0 bridgehead atoms. The molecule has 1 aliphatic carbocycles. The van der Waals surface area contributed by atoms with E-state index in [1.807, 2.05) is 12.1 Å². The molecule has 4 nitrogen and oxygen atoms in total. The number of phenols is 1. The Labute approximate surface area is 152 Å². The Morgan fingerprint density at radius 3 is 2.64 bits per heavy atom. The summed E-state index contributed by atoms with van der Waals surface area (Å²) in [4.78, 5) is 0. The molecule has 2 rings (SSSR count). The zero-order valence-electron chi connectivity index (χ0n) is 15.8. The first-order chi connectivity index (χ1) is 11.9. The third-order valence-electron chi connectivity index (χ3n) is 5.08. The van der Waals surface area contributed by atoms with Gasteiger partial charge in [-0.15, -0.1) is 0 Å². The van der Waals surface area contributed by atoms with E-state index in [0.29, 0.717) is 18.3 Å². The van der Waals surface area contributed by atoms with Crippen LogP contribution in [0.15, 0.2) is 18.2 Å². The molecule has 1 aromatic carbocycles. The van der Waals surface area contributed by atoms with E-state index in [2.05, 4.69) is 13.8 Å². The number of rotatable bonds is 12. The van der Waals surface area contributed by atoms with Crippen molar-refractivity contribution in [2.45, 2.75) is 70.8 Å². The maximum absolute atomic E-state index is 10.2. The third-order valence-corrected chi connectivity index (χ3v) is 5.08. The van der Waals surface area contributed by atoms with Gasteiger partial charge in [0.1, 0.15) is 0 Å². The molecule has 1 atom stereocenters. The van der Waals surface area contributed by atoms with Gasteiger partial charge in [0, 0.05) is 5.54 Å². The van der Waals surface area contributed by atoms with Crippen molar-refractivity contribution in [2.75, 3.05) is 13.2 Å². The van der Waals surface area contributed by atoms with E-state index >= 15 is 0 Å². The topological polar surface area (TPSA) is 75.7 Å². The van der Waals surface area contributed by atoms with E-state index < -0.39 is 5.54 Å². The smallest absolute Gasteiger partial charge is 0.160 e. The lowest BCUT2D eigenvalue weighted by atomic mass is 9.88. The number of aromatic hydroxyl groups is 1. The summed E-state index contributed by atoms with van der Waals surface area (Å²) in [7, 11) is 0. The Morgan fingerprint density at radius 1 is 1.28 bits per heavy atom. The summed E-state index contributed by atoms with van der Waals surface area (Å²) < 4.78 is 5.69. The number of benzene rings is 1. The molecule has 0 aromatic heterocycles. The molecule has 4 N–H and O–H groups in total. The highest BCUT2D eigenvalue weighted by molar-refractivity contribution is 5.41. The lowest BCUT2D eigenvalue weighted by molar-refractivity contribution is 0.172. The van der Waals surface area contributed by atoms with Crippen LogP contribution in [-0.4, -0.2) is 29.0 Å². The van der Waals surface area contributed by atoms with Crippen molar-refractivity contribution in [1.29, 1.82) is 0 Å². The van der Waals surface area contributed by atoms with E-state index in [1.165, 1.54) is 19.3 Å². The van der Waals surface area contributed by atoms with E-state index in [4.69, 9.17) is 10.5 Å². The number of aliphatic hydroxyl groups excluding tert-OH is 1. The predicted octanol–water partition coefficient (Wildman–Crippen LogP) is 4.02. The van der Waals surface area contributed by atoms with Gasteiger partial charge < -0.3 is 20.7 Å². The fraction of sp³-hybridized carbons (Fsp3) is 0.714. The van der Waals surface area contributed by atoms with Crippen LogP contribution < -0.4 is 10.5 Å². The van der Waals surface area contributed by atoms with Crippen molar-refractivity contribution >= 4 is 0 Å². The predicted molar refractivity (Wildman–Crippen MR) is 102 cm³/mol. The van der Waals surface area contributed by atoms with Crippen LogP contribution in [-0.2, 0) is 6.42 Å². The number of unbranched alkanes of at least 4 members (excludes halogenated alkanes) is 1. The first-order valence-electron chi connectivity index (χ1n) is 9.76. The second kappa shape index (κ2) is 9.44. The molecule has 0 spiro atoms. The Balaban J connectivity index is 1.78. The summed E-state index contributed by atoms with van der Waals surface area (Å²) in [6.45, 7) is 5.11. The molecule has 1 aliphatic rings. The number of phenolic OH excluding ortho intramolecular Hbond substituents is 1. The molecule has 1 fully saturated rings. The average Bonchev–Trinajstić information content (AvgIpc) is 3.38. The second-order valence-electron chi connectivity index (χ2n) is 8.21. The van der Waals surface area contributed by atoms with Crippen LogP contribution in [0.3, 0.4) is 0 Å². The first kappa shape index (κ1) is 20.1. The molecule has 0 aliphatic heterocycles. The second-order valence-corrected chi connectivity index (χ2v) is 8.21. The average molecular weight is 350 g/mol. The van der Waals surface area contributed by atoms with Gasteiger partial charge in [-0.1, -0.05) is 39.2 Å². The molecule has 1 saturated carbocycles. The lowest BCUT2D eigenvalue weighted by Crippen LogP contribution is -2.44. The molecule has 0 saturated heterocycles. The maximum atomic E-state index is 10.2. The molecule has 25 heavy (non-hydrogen) atoms. The van der Waals surface area contributed by atoms with Gasteiger partial charge in [-0.05, 0) is 61.6 Å². The molecule has 142 valence electrons. The molecule has 0 amide bonds. The fourth-order valence-corrected chi connectivity index (χ4v) is 3.21. The number of nitrogens with two attached hydrogens (primary N) is 1. The van der Waals surface area contributed by atoms with Gasteiger partial charge in [0.15, 0.2) is 11.5 Å². The van der Waals surface area contributed by atoms with Crippen LogP contribution >= 0.6 is 0 Å². The number of hydrogen-bond donors (Lipinski definition) is 3. The zero-order valence-corrected chi connectivity index (χ0v) is 15.8. The Bertz CT molecular complexity index is 528. The van der Waals surface area contributed by atoms with Crippen LogP contribution in [0.4, 0.5) is 0 Å². The molecule has 0 unspecified atom stereocenters. The van der Waals surface area contributed by atoms with E-state index in [0.717, 1.165) is 43.6 Å². The Hall–Kier alpha value is -1.26. The Kier molecular flexibility index (Phi) is 7.57. The van der Waals surface area contributed by atoms with Gasteiger partial charge in [-0.25, -0.2) is 0 Å². The monoisotopic (exact) mass is 349 g/mol. The molecule has 4 heteroatoms. The summed E-state index contributed by atoms with van der Waals surface area (Å²) in [5.74, 6) is 2.15. The highest BCUT2D eigenvalue weighted by Gasteiger charge is 2.33. The van der Waals surface area contributed by atoms with Gasteiger partial charge in [0.25, 0.3) is 0 Å². The highest BCUT2D eigenvalue weighted by atomic mass is 16.5. The van der Waals surface area contributed by atoms with Crippen LogP contribution in [0.2, 0.25) is 0 Å². The van der Waals surface area contributed by atoms with Gasteiger partial charge in [-0.2, -0.15) is 0 Å². The van der Waals surface area contributed by atoms with Gasteiger partial charge in [-0.3, -0.25) is 0 Å². The summed E-state index contributed by atoms with van der Waals surface area (Å²) >= 11 is 0. The maximum Gasteiger partial charge on any atom is 0.160 e. The van der Waals surface area contributed by atoms with Crippen LogP contribution in [0.1, 0.15) is 64.4 Å². The normalized spacial score (nSPS) is 16.8. The largest absolute Gasteiger partial charge is 0.504 e. The first-order valence-corrected chi connectivity index (χ1v) is 9.76. The minimum Gasteiger partial charge on any atom is -0.504 e. The van der Waals surface area contributed by atoms with Crippen molar-refractivity contribution in [2.24, 2.45) is 17.6 Å². The number of aliphatic hydroxyl groups is 1. The molecule has 0 radical (unpaired) electrons. The zero-order chi connectivity index (χ0) is 18.3. The third kappa shape index (κ3) is 7.25. The standard InChI is InChI=1S/C21H35NO3/c1-16(2)5-3-4-12-25-20-9-8-17(13-19(20)24)10-11-21(22,15-23)14-18-6-7-18/h8-9,13,16,18,23-24H,3-7,10-12,14-15,22H2,1-2H3/t21-/m0/s1. The van der Waals surface area contributed by atoms with Crippen molar-refractivity contribution in [1.82, 2.24) is 0 Å². The highest BCUT2D eigenvalue weighted by Crippen LogP contribution is 2.37. The minimum atomic E-state index is -0.498. The van der Waals surface area contributed by atoms with Crippen molar-refractivity contribution in [3.05, 3.63) is 23.8 Å². The van der Waals surface area contributed by atoms with E-state index in [-0.39, 0.29) is 12.4 Å². The number of aryl methyl sites for hydroxylation is 1. The van der Waals surface area contributed by atoms with Crippen LogP contribution in [0, 0.1) is 11.8 Å². The number of hydrogen-bond acceptors (Lipinski definition) is 4. The van der Waals surface area contributed by atoms with Gasteiger partial charge in [0.2, 0.25) is 0 Å². The van der Waals surface area contributed by atoms with Crippen molar-refractivity contribution < 1.29 is 14.9 Å². The summed E-state index contributed by atoms with van der Waals surface area (Å²) in [5, 5.41) is 19.8. The van der Waals surface area contributed by atoms with E-state index in [9.17, 15) is 10.2 Å². The summed E-state index contributed by atoms with van der Waals surface area (Å²) in [6, 6.07) is 5.58. The molecule has 0 heterocycles. The van der Waals surface area contributed by atoms with Crippen LogP contribution in [0.25, 0.3) is 0 Å². The minimum absolute atomic E-state index is 0.0209. The fourth-order valence-electron chi connectivity index (χ4n) is 3.21. The van der Waals surface area contributed by atoms with Crippen molar-refractivity contribution in [3.8, 4) is 11.5 Å². The lowest BCUT2D eigenvalue weighted by Gasteiger charge is -2.27. The van der Waals surface area contributed by atoms with Crippen molar-refractivity contribution in [3.63, 3.8) is 0 Å². The van der Waals surface area contributed by atoms with Crippen LogP contribution in [0.5, 0.6) is 11.5 Å². The molecular formula is C21H35NO3. The van der Waals surface area contributed by atoms with Gasteiger partial charge >= 0.3 is 0 Å². The van der Waals surface area contributed by atoms with Gasteiger partial charge in [0.05, 0.1) is 13.2 Å². The van der Waals surface area contributed by atoms with E-state index in [1.54, 1.807) is 6.07 Å². The molecule has 1 aromatic rings. The summed E-state index contributed by atoms with van der Waals surface area (Å²) in [5.41, 5.74) is 6.87. The quantitative estimate of drug-likeness (QED) is 0.498. The molecular weight excluding hydrogens is 314 g/mol. The Morgan fingerprint density at radius 2 is 2.04 bits per heavy atom. The SMILES string of the molecule is CC(C)CCCCOc1ccc(CC[C@@](N)(CO)CC2CC2)cc1O.